The topological polar surface area (TPSA) is 87.7 Å². The Bertz CT molecular complexity index is 964. The van der Waals surface area contributed by atoms with Gasteiger partial charge in [0, 0.05) is 31.6 Å². The third-order valence-electron chi connectivity index (χ3n) is 5.81. The van der Waals surface area contributed by atoms with Crippen molar-refractivity contribution in [2.45, 2.75) is 33.1 Å². The molecule has 1 aliphatic heterocycles. The van der Waals surface area contributed by atoms with Crippen LogP contribution in [0.25, 0.3) is 0 Å². The molecule has 7 heteroatoms. The Hall–Kier alpha value is -3.35. The average molecular weight is 452 g/mol. The minimum absolute atomic E-state index is 0.0453. The second kappa shape index (κ2) is 11.5. The van der Waals surface area contributed by atoms with Gasteiger partial charge < -0.3 is 20.3 Å². The first kappa shape index (κ1) is 24.3. The number of ether oxygens (including phenoxy) is 1. The molecule has 0 radical (unpaired) electrons. The molecule has 2 aromatic rings. The Labute approximate surface area is 195 Å². The van der Waals surface area contributed by atoms with Crippen LogP contribution >= 0.6 is 0 Å². The van der Waals surface area contributed by atoms with Crippen LogP contribution in [0.15, 0.2) is 48.5 Å². The number of rotatable bonds is 8. The molecule has 0 aromatic heterocycles. The molecule has 1 saturated heterocycles. The lowest BCUT2D eigenvalue weighted by Crippen LogP contribution is -2.42. The first-order valence-electron chi connectivity index (χ1n) is 11.5. The minimum Gasteiger partial charge on any atom is -0.497 e. The van der Waals surface area contributed by atoms with Gasteiger partial charge in [0.15, 0.2) is 0 Å². The van der Waals surface area contributed by atoms with Gasteiger partial charge in [-0.1, -0.05) is 26.0 Å². The molecule has 1 heterocycles. The number of likely N-dealkylation sites (tertiary alicyclic amines) is 1. The van der Waals surface area contributed by atoms with Crippen LogP contribution in [0, 0.1) is 11.8 Å². The van der Waals surface area contributed by atoms with Gasteiger partial charge in [-0.2, -0.15) is 0 Å². The van der Waals surface area contributed by atoms with Gasteiger partial charge in [-0.25, -0.2) is 0 Å². The van der Waals surface area contributed by atoms with E-state index in [2.05, 4.69) is 24.5 Å². The molecule has 2 atom stereocenters. The smallest absolute Gasteiger partial charge is 0.255 e. The second-order valence-corrected chi connectivity index (χ2v) is 8.84. The van der Waals surface area contributed by atoms with Gasteiger partial charge in [-0.3, -0.25) is 14.4 Å². The SMILES string of the molecule is COc1ccc(C(=O)NCCCC(=O)Nc2ccccc2C(=O)N2CC(C)CC(C)C2)cc1. The quantitative estimate of drug-likeness (QED) is 0.595. The Balaban J connectivity index is 1.49. The summed E-state index contributed by atoms with van der Waals surface area (Å²) >= 11 is 0. The van der Waals surface area contributed by atoms with Crippen LogP contribution < -0.4 is 15.4 Å². The molecular weight excluding hydrogens is 418 g/mol. The third kappa shape index (κ3) is 6.81. The van der Waals surface area contributed by atoms with E-state index in [-0.39, 0.29) is 24.1 Å². The van der Waals surface area contributed by atoms with Crippen molar-refractivity contribution in [3.63, 3.8) is 0 Å². The number of amides is 3. The van der Waals surface area contributed by atoms with Crippen LogP contribution in [0.3, 0.4) is 0 Å². The molecule has 1 aliphatic rings. The lowest BCUT2D eigenvalue weighted by molar-refractivity contribution is -0.116. The van der Waals surface area contributed by atoms with Crippen LogP contribution in [-0.4, -0.2) is 49.4 Å². The number of hydrogen-bond acceptors (Lipinski definition) is 4. The molecule has 3 amide bonds. The normalized spacial score (nSPS) is 17.8. The highest BCUT2D eigenvalue weighted by Gasteiger charge is 2.27. The van der Waals surface area contributed by atoms with E-state index in [1.165, 1.54) is 0 Å². The van der Waals surface area contributed by atoms with Crippen LogP contribution in [-0.2, 0) is 4.79 Å². The monoisotopic (exact) mass is 451 g/mol. The molecule has 3 rings (SSSR count). The van der Waals surface area contributed by atoms with E-state index in [0.717, 1.165) is 19.5 Å². The summed E-state index contributed by atoms with van der Waals surface area (Å²) in [6.07, 6.45) is 1.85. The predicted molar refractivity (Wildman–Crippen MR) is 128 cm³/mol. The largest absolute Gasteiger partial charge is 0.497 e. The summed E-state index contributed by atoms with van der Waals surface area (Å²) in [5.74, 6) is 1.19. The van der Waals surface area contributed by atoms with Gasteiger partial charge in [0.2, 0.25) is 5.91 Å². The Morgan fingerprint density at radius 2 is 1.67 bits per heavy atom. The third-order valence-corrected chi connectivity index (χ3v) is 5.81. The Morgan fingerprint density at radius 1 is 1.00 bits per heavy atom. The standard InChI is InChI=1S/C26H33N3O4/c1-18-15-19(2)17-29(16-18)26(32)22-7-4-5-8-23(22)28-24(30)9-6-14-27-25(31)20-10-12-21(33-3)13-11-20/h4-5,7-8,10-13,18-19H,6,9,14-17H2,1-3H3,(H,27,31)(H,28,30). The highest BCUT2D eigenvalue weighted by Crippen LogP contribution is 2.25. The van der Waals surface area contributed by atoms with Gasteiger partial charge in [0.05, 0.1) is 18.4 Å². The van der Waals surface area contributed by atoms with Gasteiger partial charge in [0.25, 0.3) is 11.8 Å². The van der Waals surface area contributed by atoms with Crippen molar-refractivity contribution in [3.05, 3.63) is 59.7 Å². The van der Waals surface area contributed by atoms with E-state index in [1.807, 2.05) is 17.0 Å². The zero-order valence-electron chi connectivity index (χ0n) is 19.6. The number of carbonyl (C=O) groups is 3. The molecule has 1 fully saturated rings. The molecule has 0 aliphatic carbocycles. The number of methoxy groups -OCH3 is 1. The van der Waals surface area contributed by atoms with Crippen molar-refractivity contribution in [1.29, 1.82) is 0 Å². The maximum atomic E-state index is 13.1. The minimum atomic E-state index is -0.195. The van der Waals surface area contributed by atoms with E-state index >= 15 is 0 Å². The number of hydrogen-bond donors (Lipinski definition) is 2. The Morgan fingerprint density at radius 3 is 2.33 bits per heavy atom. The maximum Gasteiger partial charge on any atom is 0.255 e. The van der Waals surface area contributed by atoms with Crippen molar-refractivity contribution in [2.75, 3.05) is 32.1 Å². The van der Waals surface area contributed by atoms with E-state index < -0.39 is 0 Å². The molecule has 0 saturated carbocycles. The zero-order chi connectivity index (χ0) is 23.8. The van der Waals surface area contributed by atoms with Crippen LogP contribution in [0.4, 0.5) is 5.69 Å². The second-order valence-electron chi connectivity index (χ2n) is 8.84. The summed E-state index contributed by atoms with van der Waals surface area (Å²) in [6, 6.07) is 14.0. The van der Waals surface area contributed by atoms with E-state index in [1.54, 1.807) is 43.5 Å². The summed E-state index contributed by atoms with van der Waals surface area (Å²) in [4.78, 5) is 39.7. The number of nitrogens with zero attached hydrogens (tertiary/aromatic N) is 1. The first-order chi connectivity index (χ1) is 15.9. The molecule has 33 heavy (non-hydrogen) atoms. The van der Waals surface area contributed by atoms with E-state index in [0.29, 0.717) is 47.4 Å². The zero-order valence-corrected chi connectivity index (χ0v) is 19.6. The Kier molecular flexibility index (Phi) is 8.46. The summed E-state index contributed by atoms with van der Waals surface area (Å²) in [5.41, 5.74) is 1.58. The lowest BCUT2D eigenvalue weighted by atomic mass is 9.91. The summed E-state index contributed by atoms with van der Waals surface area (Å²) in [6.45, 7) is 6.18. The molecule has 0 spiro atoms. The van der Waals surface area contributed by atoms with Crippen molar-refractivity contribution < 1.29 is 19.1 Å². The molecule has 2 N–H and O–H groups in total. The van der Waals surface area contributed by atoms with Crippen molar-refractivity contribution in [1.82, 2.24) is 10.2 Å². The highest BCUT2D eigenvalue weighted by atomic mass is 16.5. The molecule has 0 bridgehead atoms. The van der Waals surface area contributed by atoms with Crippen molar-refractivity contribution in [3.8, 4) is 5.75 Å². The molecular formula is C26H33N3O4. The first-order valence-corrected chi connectivity index (χ1v) is 11.5. The number of carbonyl (C=O) groups excluding carboxylic acids is 3. The fourth-order valence-electron chi connectivity index (χ4n) is 4.29. The highest BCUT2D eigenvalue weighted by molar-refractivity contribution is 6.03. The summed E-state index contributed by atoms with van der Waals surface area (Å²) < 4.78 is 5.09. The van der Waals surface area contributed by atoms with Gasteiger partial charge >= 0.3 is 0 Å². The van der Waals surface area contributed by atoms with Crippen LogP contribution in [0.1, 0.15) is 53.8 Å². The van der Waals surface area contributed by atoms with Crippen molar-refractivity contribution >= 4 is 23.4 Å². The molecule has 176 valence electrons. The van der Waals surface area contributed by atoms with Gasteiger partial charge in [0.1, 0.15) is 5.75 Å². The van der Waals surface area contributed by atoms with E-state index in [4.69, 9.17) is 4.74 Å². The number of nitrogens with one attached hydrogen (secondary N) is 2. The van der Waals surface area contributed by atoms with Crippen molar-refractivity contribution in [2.24, 2.45) is 11.8 Å². The molecule has 7 nitrogen and oxygen atoms in total. The number of para-hydroxylation sites is 1. The number of anilines is 1. The van der Waals surface area contributed by atoms with Gasteiger partial charge in [-0.15, -0.1) is 0 Å². The maximum absolute atomic E-state index is 13.1. The lowest BCUT2D eigenvalue weighted by Gasteiger charge is -2.35. The fourth-order valence-corrected chi connectivity index (χ4v) is 4.29. The summed E-state index contributed by atoms with van der Waals surface area (Å²) in [5, 5.41) is 5.69. The average Bonchev–Trinajstić information content (AvgIpc) is 2.81. The van der Waals surface area contributed by atoms with E-state index in [9.17, 15) is 14.4 Å². The summed E-state index contributed by atoms with van der Waals surface area (Å²) in [7, 11) is 1.57. The van der Waals surface area contributed by atoms with Crippen LogP contribution in [0.2, 0.25) is 0 Å². The number of benzene rings is 2. The molecule has 2 unspecified atom stereocenters. The fraction of sp³-hybridized carbons (Fsp3) is 0.423. The van der Waals surface area contributed by atoms with Gasteiger partial charge in [-0.05, 0) is 61.1 Å². The molecule has 2 aromatic carbocycles. The predicted octanol–water partition coefficient (Wildman–Crippen LogP) is 3.96. The number of piperidine rings is 1. The van der Waals surface area contributed by atoms with Crippen LogP contribution in [0.5, 0.6) is 5.75 Å².